The topological polar surface area (TPSA) is 91.5 Å². The van der Waals surface area contributed by atoms with Gasteiger partial charge in [-0.15, -0.1) is 0 Å². The highest BCUT2D eigenvalue weighted by molar-refractivity contribution is 6.32. The third-order valence-electron chi connectivity index (χ3n) is 2.76. The minimum Gasteiger partial charge on any atom is -0.495 e. The molecule has 0 saturated carbocycles. The van der Waals surface area contributed by atoms with Crippen molar-refractivity contribution in [3.63, 3.8) is 0 Å². The summed E-state index contributed by atoms with van der Waals surface area (Å²) in [6.45, 7) is 0. The summed E-state index contributed by atoms with van der Waals surface area (Å²) in [4.78, 5) is 7.97. The number of hydrogen-bond acceptors (Lipinski definition) is 7. The predicted molar refractivity (Wildman–Crippen MR) is 80.8 cm³/mol. The maximum atomic E-state index is 6.06. The molecule has 0 atom stereocenters. The van der Waals surface area contributed by atoms with Gasteiger partial charge >= 0.3 is 0 Å². The summed E-state index contributed by atoms with van der Waals surface area (Å²) >= 11 is 6.06. The summed E-state index contributed by atoms with van der Waals surface area (Å²) in [7, 11) is 4.55. The van der Waals surface area contributed by atoms with Gasteiger partial charge < -0.3 is 25.3 Å². The maximum absolute atomic E-state index is 6.06. The van der Waals surface area contributed by atoms with Gasteiger partial charge in [0, 0.05) is 12.1 Å². The Morgan fingerprint density at radius 2 is 1.76 bits per heavy atom. The number of nitrogens with two attached hydrogens (primary N) is 1. The minimum atomic E-state index is 0.231. The minimum absolute atomic E-state index is 0.231. The second kappa shape index (κ2) is 6.36. The van der Waals surface area contributed by atoms with Crippen LogP contribution in [0, 0.1) is 0 Å². The molecule has 0 fully saturated rings. The van der Waals surface area contributed by atoms with E-state index in [1.54, 1.807) is 12.1 Å². The SMILES string of the molecule is COc1cc(Nc2ncnc(N)c2OC)c(OC)cc1Cl. The Bertz CT molecular complexity index is 652. The Hall–Kier alpha value is -2.41. The van der Waals surface area contributed by atoms with Gasteiger partial charge in [-0.1, -0.05) is 11.6 Å². The van der Waals surface area contributed by atoms with Crippen LogP contribution in [0.4, 0.5) is 17.3 Å². The van der Waals surface area contributed by atoms with Crippen LogP contribution in [0.5, 0.6) is 17.2 Å². The van der Waals surface area contributed by atoms with Gasteiger partial charge in [0.25, 0.3) is 0 Å². The molecular weight excluding hydrogens is 296 g/mol. The number of nitrogens with one attached hydrogen (secondary N) is 1. The third kappa shape index (κ3) is 3.03. The smallest absolute Gasteiger partial charge is 0.204 e. The van der Waals surface area contributed by atoms with Crippen LogP contribution < -0.4 is 25.3 Å². The first kappa shape index (κ1) is 15.0. The molecule has 3 N–H and O–H groups in total. The summed E-state index contributed by atoms with van der Waals surface area (Å²) in [5, 5.41) is 3.50. The molecule has 21 heavy (non-hydrogen) atoms. The quantitative estimate of drug-likeness (QED) is 0.876. The molecule has 1 heterocycles. The lowest BCUT2D eigenvalue weighted by Gasteiger charge is -2.15. The highest BCUT2D eigenvalue weighted by Gasteiger charge is 2.14. The Balaban J connectivity index is 2.46. The highest BCUT2D eigenvalue weighted by Crippen LogP contribution is 2.39. The van der Waals surface area contributed by atoms with E-state index in [0.717, 1.165) is 0 Å². The molecule has 1 aromatic heterocycles. The van der Waals surface area contributed by atoms with Crippen LogP contribution in [0.15, 0.2) is 18.5 Å². The number of nitrogens with zero attached hydrogens (tertiary/aromatic N) is 2. The fourth-order valence-electron chi connectivity index (χ4n) is 1.76. The number of nitrogen functional groups attached to an aromatic ring is 1. The van der Waals surface area contributed by atoms with Crippen molar-refractivity contribution in [1.82, 2.24) is 9.97 Å². The normalized spacial score (nSPS) is 10.1. The van der Waals surface area contributed by atoms with Gasteiger partial charge in [-0.25, -0.2) is 9.97 Å². The number of anilines is 3. The molecule has 0 unspecified atom stereocenters. The van der Waals surface area contributed by atoms with Gasteiger partial charge in [0.2, 0.25) is 5.75 Å². The summed E-state index contributed by atoms with van der Waals surface area (Å²) in [5.41, 5.74) is 6.35. The van der Waals surface area contributed by atoms with Gasteiger partial charge in [-0.3, -0.25) is 0 Å². The van der Waals surface area contributed by atoms with Crippen molar-refractivity contribution in [2.75, 3.05) is 32.4 Å². The molecule has 7 nitrogen and oxygen atoms in total. The van der Waals surface area contributed by atoms with Crippen LogP contribution in [-0.4, -0.2) is 31.3 Å². The molecule has 0 amide bonds. The monoisotopic (exact) mass is 310 g/mol. The average molecular weight is 311 g/mol. The first-order chi connectivity index (χ1) is 10.1. The van der Waals surface area contributed by atoms with E-state index >= 15 is 0 Å². The molecular formula is C13H15ClN4O3. The molecule has 0 aliphatic carbocycles. The molecule has 2 rings (SSSR count). The first-order valence-electron chi connectivity index (χ1n) is 5.93. The molecule has 8 heteroatoms. The number of halogens is 1. The molecule has 0 saturated heterocycles. The van der Waals surface area contributed by atoms with Crippen molar-refractivity contribution in [2.45, 2.75) is 0 Å². The number of aromatic nitrogens is 2. The van der Waals surface area contributed by atoms with E-state index in [4.69, 9.17) is 31.5 Å². The molecule has 112 valence electrons. The van der Waals surface area contributed by atoms with E-state index in [2.05, 4.69) is 15.3 Å². The summed E-state index contributed by atoms with van der Waals surface area (Å²) in [5.74, 6) is 2.01. The fraction of sp³-hybridized carbons (Fsp3) is 0.231. The van der Waals surface area contributed by atoms with E-state index in [9.17, 15) is 0 Å². The van der Waals surface area contributed by atoms with E-state index in [-0.39, 0.29) is 5.82 Å². The molecule has 0 aliphatic rings. The molecule has 2 aromatic rings. The van der Waals surface area contributed by atoms with Crippen LogP contribution >= 0.6 is 11.6 Å². The number of methoxy groups -OCH3 is 3. The van der Waals surface area contributed by atoms with Crippen molar-refractivity contribution in [1.29, 1.82) is 0 Å². The van der Waals surface area contributed by atoms with Crippen molar-refractivity contribution >= 4 is 28.9 Å². The summed E-state index contributed by atoms with van der Waals surface area (Å²) in [6.07, 6.45) is 1.33. The number of ether oxygens (including phenoxy) is 3. The standard InChI is InChI=1S/C13H15ClN4O3/c1-19-9-5-8(10(20-2)4-7(9)14)18-13-11(21-3)12(15)16-6-17-13/h4-6H,1-3H3,(H3,15,16,17,18). The Labute approximate surface area is 127 Å². The number of rotatable bonds is 5. The largest absolute Gasteiger partial charge is 0.495 e. The number of benzene rings is 1. The zero-order valence-electron chi connectivity index (χ0n) is 11.8. The fourth-order valence-corrected chi connectivity index (χ4v) is 1.99. The summed E-state index contributed by atoms with van der Waals surface area (Å²) in [6, 6.07) is 3.33. The second-order valence-corrected chi connectivity index (χ2v) is 4.36. The lowest BCUT2D eigenvalue weighted by Crippen LogP contribution is -2.04. The van der Waals surface area contributed by atoms with Crippen LogP contribution in [-0.2, 0) is 0 Å². The van der Waals surface area contributed by atoms with E-state index in [0.29, 0.717) is 33.8 Å². The van der Waals surface area contributed by atoms with Crippen LogP contribution in [0.3, 0.4) is 0 Å². The van der Waals surface area contributed by atoms with Gasteiger partial charge in [-0.2, -0.15) is 0 Å². The first-order valence-corrected chi connectivity index (χ1v) is 6.31. The van der Waals surface area contributed by atoms with Crippen molar-refractivity contribution in [3.05, 3.63) is 23.5 Å². The van der Waals surface area contributed by atoms with Crippen molar-refractivity contribution in [3.8, 4) is 17.2 Å². The zero-order valence-corrected chi connectivity index (χ0v) is 12.6. The molecule has 1 aromatic carbocycles. The Kier molecular flexibility index (Phi) is 4.54. The van der Waals surface area contributed by atoms with Gasteiger partial charge in [0.1, 0.15) is 17.8 Å². The second-order valence-electron chi connectivity index (χ2n) is 3.95. The lowest BCUT2D eigenvalue weighted by atomic mass is 10.2. The molecule has 0 radical (unpaired) electrons. The molecule has 0 bridgehead atoms. The van der Waals surface area contributed by atoms with Gasteiger partial charge in [0.05, 0.1) is 32.0 Å². The third-order valence-corrected chi connectivity index (χ3v) is 3.06. The van der Waals surface area contributed by atoms with Crippen LogP contribution in [0.2, 0.25) is 5.02 Å². The van der Waals surface area contributed by atoms with E-state index in [1.165, 1.54) is 27.7 Å². The van der Waals surface area contributed by atoms with Crippen LogP contribution in [0.1, 0.15) is 0 Å². The van der Waals surface area contributed by atoms with Crippen molar-refractivity contribution in [2.24, 2.45) is 0 Å². The predicted octanol–water partition coefficient (Wildman–Crippen LogP) is 2.48. The molecule has 0 spiro atoms. The van der Waals surface area contributed by atoms with Crippen molar-refractivity contribution < 1.29 is 14.2 Å². The zero-order chi connectivity index (χ0) is 15.4. The lowest BCUT2D eigenvalue weighted by molar-refractivity contribution is 0.404. The maximum Gasteiger partial charge on any atom is 0.204 e. The average Bonchev–Trinajstić information content (AvgIpc) is 2.48. The molecule has 0 aliphatic heterocycles. The van der Waals surface area contributed by atoms with Crippen LogP contribution in [0.25, 0.3) is 0 Å². The number of hydrogen-bond donors (Lipinski definition) is 2. The summed E-state index contributed by atoms with van der Waals surface area (Å²) < 4.78 is 15.7. The van der Waals surface area contributed by atoms with Gasteiger partial charge in [0.15, 0.2) is 11.6 Å². The highest BCUT2D eigenvalue weighted by atomic mass is 35.5. The Morgan fingerprint density at radius 3 is 2.38 bits per heavy atom. The van der Waals surface area contributed by atoms with E-state index in [1.807, 2.05) is 0 Å². The van der Waals surface area contributed by atoms with Gasteiger partial charge in [-0.05, 0) is 0 Å². The van der Waals surface area contributed by atoms with E-state index < -0.39 is 0 Å². The Morgan fingerprint density at radius 1 is 1.05 bits per heavy atom.